The summed E-state index contributed by atoms with van der Waals surface area (Å²) in [4.78, 5) is 10.3. The van der Waals surface area contributed by atoms with Gasteiger partial charge in [-0.3, -0.25) is 10.1 Å². The van der Waals surface area contributed by atoms with Crippen molar-refractivity contribution < 1.29 is 4.92 Å². The van der Waals surface area contributed by atoms with Gasteiger partial charge in [0.15, 0.2) is 0 Å². The van der Waals surface area contributed by atoms with E-state index in [1.54, 1.807) is 13.1 Å². The summed E-state index contributed by atoms with van der Waals surface area (Å²) in [7, 11) is 0. The summed E-state index contributed by atoms with van der Waals surface area (Å²) in [5.74, 6) is 0.457. The SMILES string of the molecule is Cc1cc([N+](=O)[O-])c(Cl)cc1-n1cc(CCCl)nn1. The summed E-state index contributed by atoms with van der Waals surface area (Å²) in [6.07, 6.45) is 2.34. The lowest BCUT2D eigenvalue weighted by atomic mass is 10.2. The molecule has 0 aliphatic heterocycles. The first-order valence-corrected chi connectivity index (χ1v) is 6.36. The molecule has 0 amide bonds. The first-order chi connectivity index (χ1) is 9.02. The molecule has 0 bridgehead atoms. The van der Waals surface area contributed by atoms with Gasteiger partial charge >= 0.3 is 0 Å². The Hall–Kier alpha value is -1.66. The Balaban J connectivity index is 2.44. The Labute approximate surface area is 119 Å². The number of rotatable bonds is 4. The summed E-state index contributed by atoms with van der Waals surface area (Å²) in [5, 5.41) is 18.8. The molecule has 1 aromatic heterocycles. The predicted octanol–water partition coefficient (Wildman–Crippen LogP) is 2.92. The van der Waals surface area contributed by atoms with Crippen LogP contribution in [0.5, 0.6) is 0 Å². The molecule has 0 spiro atoms. The molecule has 0 saturated heterocycles. The Bertz CT molecular complexity index is 627. The van der Waals surface area contributed by atoms with E-state index in [9.17, 15) is 10.1 Å². The normalized spacial score (nSPS) is 10.7. The number of halogens is 2. The molecule has 2 aromatic rings. The van der Waals surface area contributed by atoms with Crippen molar-refractivity contribution in [2.24, 2.45) is 0 Å². The van der Waals surface area contributed by atoms with Crippen molar-refractivity contribution in [2.75, 3.05) is 5.88 Å². The molecule has 0 atom stereocenters. The highest BCUT2D eigenvalue weighted by atomic mass is 35.5. The maximum absolute atomic E-state index is 10.8. The maximum atomic E-state index is 10.8. The summed E-state index contributed by atoms with van der Waals surface area (Å²) >= 11 is 11.5. The molecule has 0 aliphatic carbocycles. The second kappa shape index (κ2) is 5.54. The molecule has 100 valence electrons. The van der Waals surface area contributed by atoms with Crippen LogP contribution >= 0.6 is 23.2 Å². The highest BCUT2D eigenvalue weighted by Gasteiger charge is 2.16. The second-order valence-corrected chi connectivity index (χ2v) is 4.73. The van der Waals surface area contributed by atoms with E-state index >= 15 is 0 Å². The molecule has 8 heteroatoms. The zero-order valence-electron chi connectivity index (χ0n) is 10.0. The van der Waals surface area contributed by atoms with Crippen LogP contribution in [-0.2, 0) is 6.42 Å². The second-order valence-electron chi connectivity index (χ2n) is 3.94. The molecule has 19 heavy (non-hydrogen) atoms. The Morgan fingerprint density at radius 2 is 2.21 bits per heavy atom. The molecule has 0 fully saturated rings. The van der Waals surface area contributed by atoms with E-state index in [1.165, 1.54) is 16.8 Å². The van der Waals surface area contributed by atoms with E-state index in [2.05, 4.69) is 10.3 Å². The summed E-state index contributed by atoms with van der Waals surface area (Å²) in [6.45, 7) is 1.75. The van der Waals surface area contributed by atoms with Gasteiger partial charge in [0.25, 0.3) is 5.69 Å². The van der Waals surface area contributed by atoms with Crippen LogP contribution < -0.4 is 0 Å². The van der Waals surface area contributed by atoms with Crippen LogP contribution in [0, 0.1) is 17.0 Å². The number of alkyl halides is 1. The van der Waals surface area contributed by atoms with Crippen molar-refractivity contribution in [1.82, 2.24) is 15.0 Å². The molecule has 1 aromatic carbocycles. The number of aromatic nitrogens is 3. The molecule has 0 unspecified atom stereocenters. The first kappa shape index (κ1) is 13.8. The van der Waals surface area contributed by atoms with Gasteiger partial charge in [0.05, 0.1) is 22.5 Å². The van der Waals surface area contributed by atoms with Gasteiger partial charge in [-0.05, 0) is 18.6 Å². The zero-order valence-corrected chi connectivity index (χ0v) is 11.5. The number of nitro groups is 1. The molecule has 0 aliphatic rings. The van der Waals surface area contributed by atoms with Crippen LogP contribution in [0.3, 0.4) is 0 Å². The van der Waals surface area contributed by atoms with Crippen LogP contribution in [0.1, 0.15) is 11.3 Å². The van der Waals surface area contributed by atoms with Crippen LogP contribution in [0.15, 0.2) is 18.3 Å². The minimum absolute atomic E-state index is 0.0694. The van der Waals surface area contributed by atoms with Crippen molar-refractivity contribution in [3.63, 3.8) is 0 Å². The fourth-order valence-electron chi connectivity index (χ4n) is 1.67. The van der Waals surface area contributed by atoms with E-state index in [0.29, 0.717) is 23.6 Å². The molecule has 0 saturated carbocycles. The Kier molecular flexibility index (Phi) is 4.01. The van der Waals surface area contributed by atoms with E-state index in [-0.39, 0.29) is 10.7 Å². The number of nitrogens with zero attached hydrogens (tertiary/aromatic N) is 4. The van der Waals surface area contributed by atoms with Crippen molar-refractivity contribution >= 4 is 28.9 Å². The van der Waals surface area contributed by atoms with Gasteiger partial charge in [0.2, 0.25) is 0 Å². The van der Waals surface area contributed by atoms with Gasteiger partial charge in [0.1, 0.15) is 5.02 Å². The number of hydrogen-bond donors (Lipinski definition) is 0. The predicted molar refractivity (Wildman–Crippen MR) is 72.2 cm³/mol. The van der Waals surface area contributed by atoms with E-state index in [1.807, 2.05) is 0 Å². The molecule has 0 N–H and O–H groups in total. The standard InChI is InChI=1S/C11H10Cl2N4O2/c1-7-4-11(17(18)19)9(13)5-10(7)16-6-8(2-3-12)14-15-16/h4-6H,2-3H2,1H3. The van der Waals surface area contributed by atoms with Crippen molar-refractivity contribution in [3.8, 4) is 5.69 Å². The molecule has 2 rings (SSSR count). The number of benzene rings is 1. The molecular formula is C11H10Cl2N4O2. The van der Waals surface area contributed by atoms with Gasteiger partial charge < -0.3 is 0 Å². The molecular weight excluding hydrogens is 291 g/mol. The Morgan fingerprint density at radius 3 is 2.84 bits per heavy atom. The first-order valence-electron chi connectivity index (χ1n) is 5.45. The third-order valence-corrected chi connectivity index (χ3v) is 3.09. The molecule has 0 radical (unpaired) electrons. The van der Waals surface area contributed by atoms with Crippen LogP contribution in [0.25, 0.3) is 5.69 Å². The topological polar surface area (TPSA) is 73.8 Å². The van der Waals surface area contributed by atoms with Crippen molar-refractivity contribution in [2.45, 2.75) is 13.3 Å². The Morgan fingerprint density at radius 1 is 1.47 bits per heavy atom. The van der Waals surface area contributed by atoms with Crippen molar-refractivity contribution in [1.29, 1.82) is 0 Å². The molecule has 1 heterocycles. The van der Waals surface area contributed by atoms with Gasteiger partial charge in [-0.25, -0.2) is 4.68 Å². The van der Waals surface area contributed by atoms with Crippen LogP contribution in [0.2, 0.25) is 5.02 Å². The lowest BCUT2D eigenvalue weighted by Crippen LogP contribution is -2.00. The average Bonchev–Trinajstić information content (AvgIpc) is 2.80. The smallest absolute Gasteiger partial charge is 0.258 e. The lowest BCUT2D eigenvalue weighted by molar-refractivity contribution is -0.384. The minimum atomic E-state index is -0.515. The highest BCUT2D eigenvalue weighted by molar-refractivity contribution is 6.32. The maximum Gasteiger partial charge on any atom is 0.288 e. The van der Waals surface area contributed by atoms with Gasteiger partial charge in [0, 0.05) is 18.4 Å². The van der Waals surface area contributed by atoms with Gasteiger partial charge in [-0.1, -0.05) is 16.8 Å². The number of aryl methyl sites for hydroxylation is 2. The summed E-state index contributed by atoms with van der Waals surface area (Å²) in [5.41, 5.74) is 1.98. The lowest BCUT2D eigenvalue weighted by Gasteiger charge is -2.05. The highest BCUT2D eigenvalue weighted by Crippen LogP contribution is 2.29. The largest absolute Gasteiger partial charge is 0.288 e. The van der Waals surface area contributed by atoms with E-state index < -0.39 is 4.92 Å². The minimum Gasteiger partial charge on any atom is -0.258 e. The quantitative estimate of drug-likeness (QED) is 0.494. The fourth-order valence-corrected chi connectivity index (χ4v) is 2.09. The van der Waals surface area contributed by atoms with E-state index in [4.69, 9.17) is 23.2 Å². The fraction of sp³-hybridized carbons (Fsp3) is 0.273. The number of hydrogen-bond acceptors (Lipinski definition) is 4. The van der Waals surface area contributed by atoms with Crippen LogP contribution in [-0.4, -0.2) is 25.8 Å². The zero-order chi connectivity index (χ0) is 14.0. The third kappa shape index (κ3) is 2.85. The monoisotopic (exact) mass is 300 g/mol. The third-order valence-electron chi connectivity index (χ3n) is 2.60. The average molecular weight is 301 g/mol. The van der Waals surface area contributed by atoms with E-state index in [0.717, 1.165) is 5.69 Å². The van der Waals surface area contributed by atoms with Gasteiger partial charge in [-0.15, -0.1) is 16.7 Å². The van der Waals surface area contributed by atoms with Crippen LogP contribution in [0.4, 0.5) is 5.69 Å². The number of nitro benzene ring substituents is 1. The van der Waals surface area contributed by atoms with Gasteiger partial charge in [-0.2, -0.15) is 0 Å². The van der Waals surface area contributed by atoms with Crippen molar-refractivity contribution in [3.05, 3.63) is 44.7 Å². The summed E-state index contributed by atoms with van der Waals surface area (Å²) in [6, 6.07) is 2.93. The summed E-state index contributed by atoms with van der Waals surface area (Å²) < 4.78 is 1.53. The molecule has 6 nitrogen and oxygen atoms in total.